The minimum atomic E-state index is -4.22. The summed E-state index contributed by atoms with van der Waals surface area (Å²) in [6.45, 7) is 0. The molecular formula is C24H19N3O3S. The summed E-state index contributed by atoms with van der Waals surface area (Å²) < 4.78 is 31.3. The molecule has 0 fully saturated rings. The number of anilines is 3. The van der Waals surface area contributed by atoms with Crippen molar-refractivity contribution < 1.29 is 13.0 Å². The molecule has 0 aliphatic heterocycles. The first-order valence-corrected chi connectivity index (χ1v) is 10.9. The van der Waals surface area contributed by atoms with E-state index in [4.69, 9.17) is 4.55 Å². The zero-order valence-electron chi connectivity index (χ0n) is 16.4. The van der Waals surface area contributed by atoms with Gasteiger partial charge >= 0.3 is 0 Å². The summed E-state index contributed by atoms with van der Waals surface area (Å²) in [6, 6.07) is 33.4. The van der Waals surface area contributed by atoms with Crippen LogP contribution in [0.15, 0.2) is 124 Å². The van der Waals surface area contributed by atoms with Crippen molar-refractivity contribution in [2.45, 2.75) is 4.90 Å². The number of hydrogen-bond donors (Lipinski definition) is 1. The van der Waals surface area contributed by atoms with Crippen molar-refractivity contribution in [1.82, 2.24) is 0 Å². The highest BCUT2D eigenvalue weighted by Gasteiger charge is 2.11. The monoisotopic (exact) mass is 429 g/mol. The molecule has 154 valence electrons. The Labute approximate surface area is 180 Å². The van der Waals surface area contributed by atoms with E-state index in [9.17, 15) is 8.42 Å². The summed E-state index contributed by atoms with van der Waals surface area (Å²) in [5.41, 5.74) is 4.20. The number of rotatable bonds is 6. The highest BCUT2D eigenvalue weighted by Crippen LogP contribution is 2.35. The summed E-state index contributed by atoms with van der Waals surface area (Å²) in [5, 5.41) is 8.33. The zero-order valence-corrected chi connectivity index (χ0v) is 17.2. The third-order valence-corrected chi connectivity index (χ3v) is 5.42. The molecule has 4 aromatic carbocycles. The van der Waals surface area contributed by atoms with Crippen molar-refractivity contribution in [3.8, 4) is 0 Å². The van der Waals surface area contributed by atoms with E-state index < -0.39 is 10.1 Å². The van der Waals surface area contributed by atoms with E-state index >= 15 is 0 Å². The number of hydrogen-bond acceptors (Lipinski definition) is 5. The van der Waals surface area contributed by atoms with Gasteiger partial charge in [0.1, 0.15) is 0 Å². The molecule has 0 aliphatic rings. The van der Waals surface area contributed by atoms with Crippen molar-refractivity contribution in [3.63, 3.8) is 0 Å². The molecule has 0 aliphatic carbocycles. The predicted octanol–water partition coefficient (Wildman–Crippen LogP) is 6.82. The van der Waals surface area contributed by atoms with E-state index in [1.54, 1.807) is 0 Å². The van der Waals surface area contributed by atoms with Crippen LogP contribution in [0.3, 0.4) is 0 Å². The third kappa shape index (κ3) is 5.03. The molecular weight excluding hydrogens is 410 g/mol. The lowest BCUT2D eigenvalue weighted by Gasteiger charge is -2.25. The van der Waals surface area contributed by atoms with Gasteiger partial charge in [-0.2, -0.15) is 18.6 Å². The summed E-state index contributed by atoms with van der Waals surface area (Å²) in [5.74, 6) is 0. The van der Waals surface area contributed by atoms with Crippen LogP contribution in [0, 0.1) is 0 Å². The van der Waals surface area contributed by atoms with Gasteiger partial charge in [0.05, 0.1) is 16.3 Å². The lowest BCUT2D eigenvalue weighted by molar-refractivity contribution is 0.483. The van der Waals surface area contributed by atoms with Crippen LogP contribution in [0.25, 0.3) is 0 Å². The van der Waals surface area contributed by atoms with Crippen LogP contribution < -0.4 is 4.90 Å². The maximum Gasteiger partial charge on any atom is 0.294 e. The second kappa shape index (κ2) is 8.91. The van der Waals surface area contributed by atoms with Gasteiger partial charge in [-0.1, -0.05) is 36.4 Å². The van der Waals surface area contributed by atoms with Crippen LogP contribution in [0.2, 0.25) is 0 Å². The Morgan fingerprint density at radius 1 is 0.548 bits per heavy atom. The van der Waals surface area contributed by atoms with Crippen LogP contribution >= 0.6 is 0 Å². The van der Waals surface area contributed by atoms with Crippen molar-refractivity contribution in [1.29, 1.82) is 0 Å². The van der Waals surface area contributed by atoms with Crippen molar-refractivity contribution in [2.75, 3.05) is 4.90 Å². The molecule has 0 heterocycles. The first-order chi connectivity index (χ1) is 15.0. The van der Waals surface area contributed by atoms with Gasteiger partial charge in [0.25, 0.3) is 10.1 Å². The molecule has 7 heteroatoms. The standard InChI is InChI=1S/C24H19N3O3S/c28-31(29,30)24-17-13-20(14-18-24)26-25-19-11-15-23(16-12-19)27(21-7-3-1-4-8-21)22-9-5-2-6-10-22/h1-18H,(H,28,29,30). The molecule has 0 amide bonds. The molecule has 0 aromatic heterocycles. The Morgan fingerprint density at radius 2 is 0.935 bits per heavy atom. The maximum absolute atomic E-state index is 11.1. The summed E-state index contributed by atoms with van der Waals surface area (Å²) >= 11 is 0. The van der Waals surface area contributed by atoms with Gasteiger partial charge in [-0.05, 0) is 72.8 Å². The smallest absolute Gasteiger partial charge is 0.294 e. The molecule has 0 unspecified atom stereocenters. The topological polar surface area (TPSA) is 82.3 Å². The minimum absolute atomic E-state index is 0.183. The van der Waals surface area contributed by atoms with E-state index in [-0.39, 0.29) is 4.90 Å². The van der Waals surface area contributed by atoms with E-state index in [0.29, 0.717) is 11.4 Å². The zero-order chi connectivity index (χ0) is 21.7. The molecule has 0 radical (unpaired) electrons. The summed E-state index contributed by atoms with van der Waals surface area (Å²) in [4.78, 5) is 1.97. The normalized spacial score (nSPS) is 11.5. The van der Waals surface area contributed by atoms with Gasteiger partial charge in [0.2, 0.25) is 0 Å². The van der Waals surface area contributed by atoms with Crippen LogP contribution in [0.4, 0.5) is 28.4 Å². The van der Waals surface area contributed by atoms with Gasteiger partial charge in [-0.3, -0.25) is 4.55 Å². The minimum Gasteiger partial charge on any atom is -0.311 e. The van der Waals surface area contributed by atoms with Crippen molar-refractivity contribution in [2.24, 2.45) is 10.2 Å². The Balaban J connectivity index is 1.58. The molecule has 0 spiro atoms. The lowest BCUT2D eigenvalue weighted by atomic mass is 10.2. The molecule has 0 bridgehead atoms. The average Bonchev–Trinajstić information content (AvgIpc) is 2.80. The van der Waals surface area contributed by atoms with Crippen LogP contribution in [0.1, 0.15) is 0 Å². The summed E-state index contributed by atoms with van der Waals surface area (Å²) in [7, 11) is -4.22. The quantitative estimate of drug-likeness (QED) is 0.269. The molecule has 1 N–H and O–H groups in total. The predicted molar refractivity (Wildman–Crippen MR) is 122 cm³/mol. The van der Waals surface area contributed by atoms with Crippen molar-refractivity contribution in [3.05, 3.63) is 109 Å². The van der Waals surface area contributed by atoms with Gasteiger partial charge < -0.3 is 4.90 Å². The molecule has 4 rings (SSSR count). The Hall–Kier alpha value is -3.81. The first kappa shape index (κ1) is 20.5. The Morgan fingerprint density at radius 3 is 1.35 bits per heavy atom. The molecule has 6 nitrogen and oxygen atoms in total. The largest absolute Gasteiger partial charge is 0.311 e. The Bertz CT molecular complexity index is 1230. The number of nitrogens with zero attached hydrogens (tertiary/aromatic N) is 3. The molecule has 0 saturated carbocycles. The van der Waals surface area contributed by atoms with Gasteiger partial charge in [0.15, 0.2) is 0 Å². The fourth-order valence-electron chi connectivity index (χ4n) is 3.07. The number of para-hydroxylation sites is 2. The fraction of sp³-hybridized carbons (Fsp3) is 0. The van der Waals surface area contributed by atoms with Gasteiger partial charge in [-0.25, -0.2) is 0 Å². The Kier molecular flexibility index (Phi) is 5.88. The first-order valence-electron chi connectivity index (χ1n) is 9.50. The number of azo groups is 1. The van der Waals surface area contributed by atoms with Crippen LogP contribution in [-0.2, 0) is 10.1 Å². The molecule has 31 heavy (non-hydrogen) atoms. The average molecular weight is 430 g/mol. The SMILES string of the molecule is O=S(=O)(O)c1ccc(N=Nc2ccc(N(c3ccccc3)c3ccccc3)cc2)cc1. The van der Waals surface area contributed by atoms with Crippen LogP contribution in [0.5, 0.6) is 0 Å². The third-order valence-electron chi connectivity index (χ3n) is 4.55. The maximum atomic E-state index is 11.1. The van der Waals surface area contributed by atoms with Crippen LogP contribution in [-0.4, -0.2) is 13.0 Å². The number of benzene rings is 4. The molecule has 0 saturated heterocycles. The second-order valence-electron chi connectivity index (χ2n) is 6.69. The van der Waals surface area contributed by atoms with E-state index in [0.717, 1.165) is 17.1 Å². The summed E-state index contributed by atoms with van der Waals surface area (Å²) in [6.07, 6.45) is 0. The molecule has 0 atom stereocenters. The van der Waals surface area contributed by atoms with E-state index in [1.807, 2.05) is 60.7 Å². The lowest BCUT2D eigenvalue weighted by Crippen LogP contribution is -2.09. The second-order valence-corrected chi connectivity index (χ2v) is 8.11. The van der Waals surface area contributed by atoms with Gasteiger partial charge in [-0.15, -0.1) is 0 Å². The van der Waals surface area contributed by atoms with E-state index in [1.165, 1.54) is 24.3 Å². The highest BCUT2D eigenvalue weighted by molar-refractivity contribution is 7.85. The molecule has 4 aromatic rings. The van der Waals surface area contributed by atoms with Gasteiger partial charge in [0, 0.05) is 17.1 Å². The van der Waals surface area contributed by atoms with Crippen molar-refractivity contribution >= 4 is 38.6 Å². The van der Waals surface area contributed by atoms with E-state index in [2.05, 4.69) is 39.4 Å². The fourth-order valence-corrected chi connectivity index (χ4v) is 3.55. The highest BCUT2D eigenvalue weighted by atomic mass is 32.2.